The van der Waals surface area contributed by atoms with E-state index in [4.69, 9.17) is 10.00 Å². The molecule has 0 amide bonds. The highest BCUT2D eigenvalue weighted by Gasteiger charge is 2.09. The van der Waals surface area contributed by atoms with Gasteiger partial charge >= 0.3 is 0 Å². The summed E-state index contributed by atoms with van der Waals surface area (Å²) in [6.07, 6.45) is 0.726. The fourth-order valence-electron chi connectivity index (χ4n) is 2.43. The third-order valence-electron chi connectivity index (χ3n) is 3.60. The van der Waals surface area contributed by atoms with E-state index in [1.54, 1.807) is 13.2 Å². The SMILES string of the molecule is COc1cccc(Cc2nc3ccc(C#N)cc3n2C)c1. The maximum absolute atomic E-state index is 8.99. The van der Waals surface area contributed by atoms with E-state index in [0.717, 1.165) is 34.6 Å². The lowest BCUT2D eigenvalue weighted by molar-refractivity contribution is 0.414. The standard InChI is InChI=1S/C17H15N3O/c1-20-16-9-13(11-18)6-7-15(16)19-17(20)10-12-4-3-5-14(8-12)21-2/h3-9H,10H2,1-2H3. The Morgan fingerprint density at radius 2 is 2.10 bits per heavy atom. The van der Waals surface area contributed by atoms with Crippen LogP contribution in [0.4, 0.5) is 0 Å². The molecule has 0 N–H and O–H groups in total. The number of rotatable bonds is 3. The van der Waals surface area contributed by atoms with Gasteiger partial charge in [-0.2, -0.15) is 5.26 Å². The Labute approximate surface area is 123 Å². The lowest BCUT2D eigenvalue weighted by Gasteiger charge is -2.05. The number of fused-ring (bicyclic) bond motifs is 1. The molecule has 0 fully saturated rings. The van der Waals surface area contributed by atoms with Crippen LogP contribution in [0.1, 0.15) is 17.0 Å². The maximum Gasteiger partial charge on any atom is 0.119 e. The summed E-state index contributed by atoms with van der Waals surface area (Å²) in [6, 6.07) is 15.7. The van der Waals surface area contributed by atoms with Crippen LogP contribution in [0, 0.1) is 11.3 Å². The topological polar surface area (TPSA) is 50.8 Å². The van der Waals surface area contributed by atoms with E-state index < -0.39 is 0 Å². The van der Waals surface area contributed by atoms with Crippen molar-refractivity contribution >= 4 is 11.0 Å². The number of ether oxygens (including phenoxy) is 1. The van der Waals surface area contributed by atoms with E-state index >= 15 is 0 Å². The molecular formula is C17H15N3O. The van der Waals surface area contributed by atoms with Crippen molar-refractivity contribution in [3.05, 3.63) is 59.4 Å². The van der Waals surface area contributed by atoms with Gasteiger partial charge in [0.05, 0.1) is 29.8 Å². The summed E-state index contributed by atoms with van der Waals surface area (Å²) in [5, 5.41) is 8.99. The second-order valence-corrected chi connectivity index (χ2v) is 4.93. The monoisotopic (exact) mass is 277 g/mol. The molecule has 1 heterocycles. The molecule has 0 spiro atoms. The predicted octanol–water partition coefficient (Wildman–Crippen LogP) is 3.04. The zero-order chi connectivity index (χ0) is 14.8. The average molecular weight is 277 g/mol. The summed E-state index contributed by atoms with van der Waals surface area (Å²) >= 11 is 0. The van der Waals surface area contributed by atoms with E-state index in [1.807, 2.05) is 41.9 Å². The van der Waals surface area contributed by atoms with Gasteiger partial charge in [-0.1, -0.05) is 12.1 Å². The molecule has 0 saturated heterocycles. The van der Waals surface area contributed by atoms with Crippen LogP contribution in [0.2, 0.25) is 0 Å². The highest BCUT2D eigenvalue weighted by atomic mass is 16.5. The van der Waals surface area contributed by atoms with E-state index in [2.05, 4.69) is 17.1 Å². The second-order valence-electron chi connectivity index (χ2n) is 4.93. The van der Waals surface area contributed by atoms with Gasteiger partial charge in [0.2, 0.25) is 0 Å². The first-order valence-electron chi connectivity index (χ1n) is 6.69. The van der Waals surface area contributed by atoms with Gasteiger partial charge < -0.3 is 9.30 Å². The van der Waals surface area contributed by atoms with Crippen molar-refractivity contribution in [2.45, 2.75) is 6.42 Å². The first kappa shape index (κ1) is 13.2. The molecule has 104 valence electrons. The number of nitriles is 1. The van der Waals surface area contributed by atoms with Crippen LogP contribution in [0.25, 0.3) is 11.0 Å². The zero-order valence-corrected chi connectivity index (χ0v) is 12.0. The fourth-order valence-corrected chi connectivity index (χ4v) is 2.43. The van der Waals surface area contributed by atoms with Crippen molar-refractivity contribution in [3.8, 4) is 11.8 Å². The molecule has 0 aliphatic heterocycles. The van der Waals surface area contributed by atoms with Gasteiger partial charge in [0.1, 0.15) is 11.6 Å². The highest BCUT2D eigenvalue weighted by molar-refractivity contribution is 5.77. The van der Waals surface area contributed by atoms with Crippen LogP contribution in [-0.2, 0) is 13.5 Å². The molecule has 1 aromatic heterocycles. The number of benzene rings is 2. The van der Waals surface area contributed by atoms with Crippen molar-refractivity contribution in [1.82, 2.24) is 9.55 Å². The van der Waals surface area contributed by atoms with Gasteiger partial charge in [-0.05, 0) is 35.9 Å². The van der Waals surface area contributed by atoms with Gasteiger partial charge in [0.25, 0.3) is 0 Å². The van der Waals surface area contributed by atoms with E-state index in [0.29, 0.717) is 5.56 Å². The first-order chi connectivity index (χ1) is 10.2. The summed E-state index contributed by atoms with van der Waals surface area (Å²) in [6.45, 7) is 0. The Morgan fingerprint density at radius 1 is 1.24 bits per heavy atom. The Balaban J connectivity index is 2.01. The lowest BCUT2D eigenvalue weighted by Crippen LogP contribution is -1.99. The molecule has 3 rings (SSSR count). The number of hydrogen-bond donors (Lipinski definition) is 0. The Hall–Kier alpha value is -2.80. The lowest BCUT2D eigenvalue weighted by atomic mass is 10.1. The largest absolute Gasteiger partial charge is 0.497 e. The molecule has 0 bridgehead atoms. The van der Waals surface area contributed by atoms with Crippen molar-refractivity contribution in [1.29, 1.82) is 5.26 Å². The summed E-state index contributed by atoms with van der Waals surface area (Å²) < 4.78 is 7.29. The highest BCUT2D eigenvalue weighted by Crippen LogP contribution is 2.20. The van der Waals surface area contributed by atoms with Gasteiger partial charge in [0, 0.05) is 13.5 Å². The smallest absolute Gasteiger partial charge is 0.119 e. The van der Waals surface area contributed by atoms with E-state index in [1.165, 1.54) is 0 Å². The molecule has 0 aliphatic carbocycles. The fraction of sp³-hybridized carbons (Fsp3) is 0.176. The van der Waals surface area contributed by atoms with Crippen LogP contribution in [-0.4, -0.2) is 16.7 Å². The minimum absolute atomic E-state index is 0.651. The summed E-state index contributed by atoms with van der Waals surface area (Å²) in [5.41, 5.74) is 3.69. The van der Waals surface area contributed by atoms with Gasteiger partial charge in [0.15, 0.2) is 0 Å². The number of nitrogens with zero attached hydrogens (tertiary/aromatic N) is 3. The Kier molecular flexibility index (Phi) is 3.33. The molecule has 0 atom stereocenters. The minimum Gasteiger partial charge on any atom is -0.497 e. The van der Waals surface area contributed by atoms with Crippen molar-refractivity contribution in [2.75, 3.05) is 7.11 Å². The van der Waals surface area contributed by atoms with E-state index in [-0.39, 0.29) is 0 Å². The third kappa shape index (κ3) is 2.46. The zero-order valence-electron chi connectivity index (χ0n) is 12.0. The summed E-state index contributed by atoms with van der Waals surface area (Å²) in [4.78, 5) is 4.65. The third-order valence-corrected chi connectivity index (χ3v) is 3.60. The quantitative estimate of drug-likeness (QED) is 0.739. The number of methoxy groups -OCH3 is 1. The molecule has 0 radical (unpaired) electrons. The van der Waals surface area contributed by atoms with Gasteiger partial charge in [-0.15, -0.1) is 0 Å². The normalized spacial score (nSPS) is 10.5. The van der Waals surface area contributed by atoms with Crippen LogP contribution in [0.5, 0.6) is 5.75 Å². The molecule has 4 heteroatoms. The molecule has 0 aliphatic rings. The number of hydrogen-bond acceptors (Lipinski definition) is 3. The predicted molar refractivity (Wildman–Crippen MR) is 81.2 cm³/mol. The number of aryl methyl sites for hydroxylation is 1. The average Bonchev–Trinajstić information content (AvgIpc) is 2.83. The van der Waals surface area contributed by atoms with Crippen molar-refractivity contribution in [2.24, 2.45) is 7.05 Å². The molecule has 3 aromatic rings. The Morgan fingerprint density at radius 3 is 2.86 bits per heavy atom. The number of imidazole rings is 1. The van der Waals surface area contributed by atoms with Crippen LogP contribution >= 0.6 is 0 Å². The molecule has 0 saturated carbocycles. The molecule has 21 heavy (non-hydrogen) atoms. The van der Waals surface area contributed by atoms with Gasteiger partial charge in [-0.3, -0.25) is 0 Å². The molecular weight excluding hydrogens is 262 g/mol. The molecule has 4 nitrogen and oxygen atoms in total. The van der Waals surface area contributed by atoms with Crippen molar-refractivity contribution < 1.29 is 4.74 Å². The van der Waals surface area contributed by atoms with Crippen LogP contribution < -0.4 is 4.74 Å². The van der Waals surface area contributed by atoms with Crippen LogP contribution in [0.3, 0.4) is 0 Å². The Bertz CT molecular complexity index is 843. The minimum atomic E-state index is 0.651. The molecule has 0 unspecified atom stereocenters. The summed E-state index contributed by atoms with van der Waals surface area (Å²) in [5.74, 6) is 1.81. The summed E-state index contributed by atoms with van der Waals surface area (Å²) in [7, 11) is 3.64. The van der Waals surface area contributed by atoms with Crippen LogP contribution in [0.15, 0.2) is 42.5 Å². The van der Waals surface area contributed by atoms with Crippen molar-refractivity contribution in [3.63, 3.8) is 0 Å². The first-order valence-corrected chi connectivity index (χ1v) is 6.69. The second kappa shape index (κ2) is 5.29. The maximum atomic E-state index is 8.99. The molecule has 2 aromatic carbocycles. The van der Waals surface area contributed by atoms with E-state index in [9.17, 15) is 0 Å². The number of aromatic nitrogens is 2. The van der Waals surface area contributed by atoms with Gasteiger partial charge in [-0.25, -0.2) is 4.98 Å².